The zero-order valence-electron chi connectivity index (χ0n) is 9.33. The highest BCUT2D eigenvalue weighted by atomic mass is 19.4. The van der Waals surface area contributed by atoms with Gasteiger partial charge in [-0.25, -0.2) is 0 Å². The molecule has 0 unspecified atom stereocenters. The van der Waals surface area contributed by atoms with E-state index in [-0.39, 0.29) is 11.4 Å². The fourth-order valence-electron chi connectivity index (χ4n) is 1.52. The zero-order valence-corrected chi connectivity index (χ0v) is 9.33. The Kier molecular flexibility index (Phi) is 3.14. The van der Waals surface area contributed by atoms with Gasteiger partial charge in [0, 0.05) is 5.69 Å². The third-order valence-electron chi connectivity index (χ3n) is 2.43. The molecule has 2 nitrogen and oxygen atoms in total. The molecule has 0 spiro atoms. The molecule has 0 aliphatic carbocycles. The molecule has 5 heteroatoms. The Hall–Kier alpha value is -2.17. The predicted molar refractivity (Wildman–Crippen MR) is 65.6 cm³/mol. The van der Waals surface area contributed by atoms with E-state index in [0.717, 1.165) is 12.1 Å². The average molecular weight is 252 g/mol. The molecule has 0 saturated heterocycles. The Labute approximate surface area is 102 Å². The second kappa shape index (κ2) is 4.60. The Balaban J connectivity index is 2.33. The monoisotopic (exact) mass is 252 g/mol. The SMILES string of the molecule is Nc1ccc(C(F)(F)F)cc1Nc1ccccc1. The minimum absolute atomic E-state index is 0.246. The van der Waals surface area contributed by atoms with E-state index in [1.54, 1.807) is 24.3 Å². The van der Waals surface area contributed by atoms with Crippen LogP contribution >= 0.6 is 0 Å². The van der Waals surface area contributed by atoms with E-state index in [0.29, 0.717) is 5.69 Å². The van der Waals surface area contributed by atoms with Crippen LogP contribution in [0.3, 0.4) is 0 Å². The van der Waals surface area contributed by atoms with E-state index in [4.69, 9.17) is 5.73 Å². The maximum absolute atomic E-state index is 12.6. The van der Waals surface area contributed by atoms with Crippen LogP contribution in [-0.2, 0) is 6.18 Å². The number of rotatable bonds is 2. The number of halogens is 3. The first kappa shape index (κ1) is 12.3. The summed E-state index contributed by atoms with van der Waals surface area (Å²) in [5.74, 6) is 0. The molecule has 0 aliphatic rings. The maximum atomic E-state index is 12.6. The first-order valence-electron chi connectivity index (χ1n) is 5.25. The van der Waals surface area contributed by atoms with Gasteiger partial charge >= 0.3 is 6.18 Å². The summed E-state index contributed by atoms with van der Waals surface area (Å²) in [6.45, 7) is 0. The first-order valence-corrected chi connectivity index (χ1v) is 5.25. The predicted octanol–water partition coefficient (Wildman–Crippen LogP) is 4.03. The normalized spacial score (nSPS) is 11.3. The van der Waals surface area contributed by atoms with Crippen molar-refractivity contribution in [1.29, 1.82) is 0 Å². The lowest BCUT2D eigenvalue weighted by atomic mass is 10.1. The fourth-order valence-corrected chi connectivity index (χ4v) is 1.52. The van der Waals surface area contributed by atoms with Crippen molar-refractivity contribution < 1.29 is 13.2 Å². The third kappa shape index (κ3) is 2.74. The van der Waals surface area contributed by atoms with Gasteiger partial charge in [0.2, 0.25) is 0 Å². The summed E-state index contributed by atoms with van der Waals surface area (Å²) in [7, 11) is 0. The van der Waals surface area contributed by atoms with Crippen LogP contribution < -0.4 is 11.1 Å². The number of alkyl halides is 3. The van der Waals surface area contributed by atoms with Crippen molar-refractivity contribution in [2.45, 2.75) is 6.18 Å². The van der Waals surface area contributed by atoms with E-state index in [1.165, 1.54) is 6.07 Å². The summed E-state index contributed by atoms with van der Waals surface area (Å²) in [5.41, 5.74) is 6.12. The molecular formula is C13H11F3N2. The van der Waals surface area contributed by atoms with Gasteiger partial charge < -0.3 is 11.1 Å². The minimum atomic E-state index is -4.37. The summed E-state index contributed by atoms with van der Waals surface area (Å²) >= 11 is 0. The summed E-state index contributed by atoms with van der Waals surface area (Å²) in [4.78, 5) is 0. The fraction of sp³-hybridized carbons (Fsp3) is 0.0769. The van der Waals surface area contributed by atoms with E-state index in [1.807, 2.05) is 6.07 Å². The second-order valence-corrected chi connectivity index (χ2v) is 3.79. The molecule has 0 aromatic heterocycles. The summed E-state index contributed by atoms with van der Waals surface area (Å²) < 4.78 is 37.7. The first-order chi connectivity index (χ1) is 8.47. The molecule has 0 bridgehead atoms. The highest BCUT2D eigenvalue weighted by Gasteiger charge is 2.30. The topological polar surface area (TPSA) is 38.0 Å². The van der Waals surface area contributed by atoms with Crippen LogP contribution in [0.2, 0.25) is 0 Å². The molecule has 0 heterocycles. The molecule has 0 aliphatic heterocycles. The van der Waals surface area contributed by atoms with Gasteiger partial charge in [-0.3, -0.25) is 0 Å². The molecule has 2 aromatic rings. The van der Waals surface area contributed by atoms with E-state index in [9.17, 15) is 13.2 Å². The number of nitrogens with two attached hydrogens (primary N) is 1. The van der Waals surface area contributed by atoms with E-state index >= 15 is 0 Å². The Morgan fingerprint density at radius 1 is 0.944 bits per heavy atom. The summed E-state index contributed by atoms with van der Waals surface area (Å²) in [6, 6.07) is 12.1. The molecule has 2 rings (SSSR count). The van der Waals surface area contributed by atoms with Crippen molar-refractivity contribution >= 4 is 17.1 Å². The molecule has 3 N–H and O–H groups in total. The molecule has 0 saturated carbocycles. The Bertz CT molecular complexity index is 536. The largest absolute Gasteiger partial charge is 0.416 e. The Morgan fingerprint density at radius 2 is 1.61 bits per heavy atom. The number of benzene rings is 2. The van der Waals surface area contributed by atoms with E-state index < -0.39 is 11.7 Å². The van der Waals surface area contributed by atoms with Gasteiger partial charge in [0.25, 0.3) is 0 Å². The van der Waals surface area contributed by atoms with Gasteiger partial charge in [-0.2, -0.15) is 13.2 Å². The van der Waals surface area contributed by atoms with Gasteiger partial charge in [0.05, 0.1) is 16.9 Å². The van der Waals surface area contributed by atoms with Crippen LogP contribution in [-0.4, -0.2) is 0 Å². The quantitative estimate of drug-likeness (QED) is 0.792. The lowest BCUT2D eigenvalue weighted by Crippen LogP contribution is -2.06. The smallest absolute Gasteiger partial charge is 0.397 e. The average Bonchev–Trinajstić information content (AvgIpc) is 2.32. The maximum Gasteiger partial charge on any atom is 0.416 e. The molecule has 0 fully saturated rings. The van der Waals surface area contributed by atoms with Crippen molar-refractivity contribution in [2.75, 3.05) is 11.1 Å². The molecule has 2 aromatic carbocycles. The summed E-state index contributed by atoms with van der Waals surface area (Å²) in [6.07, 6.45) is -4.37. The highest BCUT2D eigenvalue weighted by molar-refractivity contribution is 5.73. The molecule has 0 amide bonds. The van der Waals surface area contributed by atoms with Crippen LogP contribution in [0.25, 0.3) is 0 Å². The van der Waals surface area contributed by atoms with Gasteiger partial charge in [-0.15, -0.1) is 0 Å². The minimum Gasteiger partial charge on any atom is -0.397 e. The van der Waals surface area contributed by atoms with Gasteiger partial charge in [-0.05, 0) is 30.3 Å². The number of anilines is 3. The van der Waals surface area contributed by atoms with Crippen molar-refractivity contribution in [1.82, 2.24) is 0 Å². The van der Waals surface area contributed by atoms with Crippen LogP contribution in [0.4, 0.5) is 30.2 Å². The van der Waals surface area contributed by atoms with Crippen LogP contribution in [0.15, 0.2) is 48.5 Å². The molecular weight excluding hydrogens is 241 g/mol. The standard InChI is InChI=1S/C13H11F3N2/c14-13(15,16)9-6-7-11(17)12(8-9)18-10-4-2-1-3-5-10/h1-8,18H,17H2. The molecule has 0 radical (unpaired) electrons. The molecule has 94 valence electrons. The number of hydrogen-bond acceptors (Lipinski definition) is 2. The van der Waals surface area contributed by atoms with Crippen LogP contribution in [0.1, 0.15) is 5.56 Å². The van der Waals surface area contributed by atoms with Gasteiger partial charge in [0.15, 0.2) is 0 Å². The van der Waals surface area contributed by atoms with Crippen LogP contribution in [0.5, 0.6) is 0 Å². The van der Waals surface area contributed by atoms with Crippen molar-refractivity contribution in [2.24, 2.45) is 0 Å². The van der Waals surface area contributed by atoms with Crippen molar-refractivity contribution in [3.8, 4) is 0 Å². The van der Waals surface area contributed by atoms with E-state index in [2.05, 4.69) is 5.32 Å². The number of nitrogens with one attached hydrogen (secondary N) is 1. The Morgan fingerprint density at radius 3 is 2.22 bits per heavy atom. The summed E-state index contributed by atoms with van der Waals surface area (Å²) in [5, 5.41) is 2.86. The van der Waals surface area contributed by atoms with Crippen molar-refractivity contribution in [3.05, 3.63) is 54.1 Å². The second-order valence-electron chi connectivity index (χ2n) is 3.79. The van der Waals surface area contributed by atoms with Gasteiger partial charge in [-0.1, -0.05) is 18.2 Å². The molecule has 0 atom stereocenters. The zero-order chi connectivity index (χ0) is 13.2. The lowest BCUT2D eigenvalue weighted by Gasteiger charge is -2.13. The molecule has 18 heavy (non-hydrogen) atoms. The third-order valence-corrected chi connectivity index (χ3v) is 2.43. The van der Waals surface area contributed by atoms with Crippen molar-refractivity contribution in [3.63, 3.8) is 0 Å². The van der Waals surface area contributed by atoms with Crippen LogP contribution in [0, 0.1) is 0 Å². The number of para-hydroxylation sites is 1. The van der Waals surface area contributed by atoms with Gasteiger partial charge in [0.1, 0.15) is 0 Å². The lowest BCUT2D eigenvalue weighted by molar-refractivity contribution is -0.137. The number of hydrogen-bond donors (Lipinski definition) is 2. The highest BCUT2D eigenvalue weighted by Crippen LogP contribution is 2.33. The number of nitrogen functional groups attached to an aromatic ring is 1.